The molecule has 0 fully saturated rings. The fourth-order valence-corrected chi connectivity index (χ4v) is 1.85. The summed E-state index contributed by atoms with van der Waals surface area (Å²) in [5.74, 6) is 0.124. The van der Waals surface area contributed by atoms with Crippen molar-refractivity contribution in [1.82, 2.24) is 0 Å². The van der Waals surface area contributed by atoms with Gasteiger partial charge in [0.1, 0.15) is 5.82 Å². The highest BCUT2D eigenvalue weighted by atomic mass is 35.5. The molecule has 0 amide bonds. The van der Waals surface area contributed by atoms with Gasteiger partial charge in [-0.15, -0.1) is 0 Å². The molecule has 82 valence electrons. The Morgan fingerprint density at radius 1 is 1.40 bits per heavy atom. The van der Waals surface area contributed by atoms with E-state index < -0.39 is 0 Å². The van der Waals surface area contributed by atoms with Gasteiger partial charge in [0.05, 0.1) is 16.4 Å². The first-order valence-electron chi connectivity index (χ1n) is 5.07. The lowest BCUT2D eigenvalue weighted by Gasteiger charge is -2.31. The van der Waals surface area contributed by atoms with Crippen LogP contribution in [0, 0.1) is 11.7 Å². The number of fused-ring (bicyclic) bond motifs is 1. The number of hydrogen-bond donors (Lipinski definition) is 2. The normalized spacial score (nSPS) is 19.4. The standard InChI is InChI=1S/C11H14ClFN2/c1-6(2)11-5-14-9-3-7(12)8(13)4-10(9)15-11/h3-4,6,11,14-15H,5H2,1-2H3. The van der Waals surface area contributed by atoms with Crippen LogP contribution in [0.4, 0.5) is 15.8 Å². The summed E-state index contributed by atoms with van der Waals surface area (Å²) in [5, 5.41) is 6.71. The summed E-state index contributed by atoms with van der Waals surface area (Å²) in [6.07, 6.45) is 0. The fraction of sp³-hybridized carbons (Fsp3) is 0.455. The van der Waals surface area contributed by atoms with Gasteiger partial charge in [0.2, 0.25) is 0 Å². The number of nitrogens with one attached hydrogen (secondary N) is 2. The Labute approximate surface area is 93.8 Å². The van der Waals surface area contributed by atoms with Crippen LogP contribution < -0.4 is 10.6 Å². The van der Waals surface area contributed by atoms with Crippen molar-refractivity contribution in [2.45, 2.75) is 19.9 Å². The van der Waals surface area contributed by atoms with Crippen LogP contribution in [0.2, 0.25) is 5.02 Å². The molecule has 1 aliphatic heterocycles. The topological polar surface area (TPSA) is 24.1 Å². The Bertz CT molecular complexity index is 379. The first-order valence-corrected chi connectivity index (χ1v) is 5.45. The Kier molecular flexibility index (Phi) is 2.74. The predicted molar refractivity (Wildman–Crippen MR) is 62.1 cm³/mol. The van der Waals surface area contributed by atoms with E-state index in [0.717, 1.165) is 17.9 Å². The average Bonchev–Trinajstić information content (AvgIpc) is 2.19. The van der Waals surface area contributed by atoms with Gasteiger partial charge >= 0.3 is 0 Å². The molecular formula is C11H14ClFN2. The summed E-state index contributed by atoms with van der Waals surface area (Å²) in [6, 6.07) is 3.40. The molecule has 1 aromatic rings. The Hall–Kier alpha value is -0.960. The van der Waals surface area contributed by atoms with Crippen molar-refractivity contribution in [2.75, 3.05) is 17.2 Å². The molecule has 1 unspecified atom stereocenters. The Morgan fingerprint density at radius 2 is 2.13 bits per heavy atom. The molecule has 2 nitrogen and oxygen atoms in total. The molecule has 0 saturated heterocycles. The van der Waals surface area contributed by atoms with Gasteiger partial charge in [-0.2, -0.15) is 0 Å². The second kappa shape index (κ2) is 3.89. The fourth-order valence-electron chi connectivity index (χ4n) is 1.69. The molecular weight excluding hydrogens is 215 g/mol. The molecule has 0 radical (unpaired) electrons. The van der Waals surface area contributed by atoms with Crippen molar-refractivity contribution in [3.8, 4) is 0 Å². The molecule has 0 aliphatic carbocycles. The first-order chi connectivity index (χ1) is 7.08. The average molecular weight is 229 g/mol. The van der Waals surface area contributed by atoms with Crippen molar-refractivity contribution in [2.24, 2.45) is 5.92 Å². The monoisotopic (exact) mass is 228 g/mol. The van der Waals surface area contributed by atoms with Crippen molar-refractivity contribution in [3.05, 3.63) is 23.0 Å². The lowest BCUT2D eigenvalue weighted by molar-refractivity contribution is 0.535. The summed E-state index contributed by atoms with van der Waals surface area (Å²) in [5.41, 5.74) is 1.67. The second-order valence-corrected chi connectivity index (χ2v) is 4.59. The largest absolute Gasteiger partial charge is 0.381 e. The highest BCUT2D eigenvalue weighted by Crippen LogP contribution is 2.32. The number of hydrogen-bond acceptors (Lipinski definition) is 2. The van der Waals surface area contributed by atoms with Gasteiger partial charge in [0.15, 0.2) is 0 Å². The quantitative estimate of drug-likeness (QED) is 0.771. The van der Waals surface area contributed by atoms with E-state index in [1.165, 1.54) is 6.07 Å². The van der Waals surface area contributed by atoms with Crippen molar-refractivity contribution < 1.29 is 4.39 Å². The lowest BCUT2D eigenvalue weighted by atomic mass is 10.0. The van der Waals surface area contributed by atoms with E-state index >= 15 is 0 Å². The van der Waals surface area contributed by atoms with Crippen LogP contribution >= 0.6 is 11.6 Å². The molecule has 1 aliphatic rings. The molecule has 1 aromatic carbocycles. The zero-order valence-corrected chi connectivity index (χ0v) is 9.53. The minimum atomic E-state index is -0.380. The van der Waals surface area contributed by atoms with E-state index in [1.54, 1.807) is 6.07 Å². The minimum Gasteiger partial charge on any atom is -0.381 e. The summed E-state index contributed by atoms with van der Waals surface area (Å²) >= 11 is 5.70. The molecule has 4 heteroatoms. The third-order valence-electron chi connectivity index (χ3n) is 2.72. The molecule has 0 bridgehead atoms. The maximum Gasteiger partial charge on any atom is 0.143 e. The van der Waals surface area contributed by atoms with Gasteiger partial charge in [0, 0.05) is 18.7 Å². The molecule has 1 heterocycles. The Morgan fingerprint density at radius 3 is 2.80 bits per heavy atom. The van der Waals surface area contributed by atoms with Crippen LogP contribution in [-0.2, 0) is 0 Å². The van der Waals surface area contributed by atoms with Gasteiger partial charge in [-0.3, -0.25) is 0 Å². The third kappa shape index (κ3) is 2.02. The highest BCUT2D eigenvalue weighted by molar-refractivity contribution is 6.31. The maximum atomic E-state index is 13.2. The zero-order chi connectivity index (χ0) is 11.0. The number of halogens is 2. The molecule has 0 spiro atoms. The van der Waals surface area contributed by atoms with E-state index in [9.17, 15) is 4.39 Å². The molecule has 0 saturated carbocycles. The van der Waals surface area contributed by atoms with E-state index in [2.05, 4.69) is 24.5 Å². The van der Waals surface area contributed by atoms with Crippen LogP contribution in [-0.4, -0.2) is 12.6 Å². The van der Waals surface area contributed by atoms with E-state index in [1.807, 2.05) is 0 Å². The molecule has 15 heavy (non-hydrogen) atoms. The first kappa shape index (κ1) is 10.6. The van der Waals surface area contributed by atoms with Crippen molar-refractivity contribution >= 4 is 23.0 Å². The van der Waals surface area contributed by atoms with Gasteiger partial charge in [-0.05, 0) is 12.0 Å². The van der Waals surface area contributed by atoms with Gasteiger partial charge < -0.3 is 10.6 Å². The van der Waals surface area contributed by atoms with Crippen molar-refractivity contribution in [1.29, 1.82) is 0 Å². The van der Waals surface area contributed by atoms with Crippen LogP contribution in [0.3, 0.4) is 0 Å². The van der Waals surface area contributed by atoms with Crippen LogP contribution in [0.25, 0.3) is 0 Å². The van der Waals surface area contributed by atoms with Gasteiger partial charge in [-0.1, -0.05) is 25.4 Å². The molecule has 2 rings (SSSR count). The second-order valence-electron chi connectivity index (χ2n) is 4.19. The summed E-state index contributed by atoms with van der Waals surface area (Å²) in [4.78, 5) is 0. The third-order valence-corrected chi connectivity index (χ3v) is 3.01. The van der Waals surface area contributed by atoms with E-state index in [-0.39, 0.29) is 10.8 Å². The summed E-state index contributed by atoms with van der Waals surface area (Å²) in [7, 11) is 0. The smallest absolute Gasteiger partial charge is 0.143 e. The Balaban J connectivity index is 2.30. The number of benzene rings is 1. The van der Waals surface area contributed by atoms with E-state index in [0.29, 0.717) is 12.0 Å². The SMILES string of the molecule is CC(C)C1CNc2cc(Cl)c(F)cc2N1. The molecule has 1 atom stereocenters. The molecule has 0 aromatic heterocycles. The molecule has 2 N–H and O–H groups in total. The van der Waals surface area contributed by atoms with Crippen LogP contribution in [0.5, 0.6) is 0 Å². The maximum absolute atomic E-state index is 13.2. The predicted octanol–water partition coefficient (Wildman–Crippen LogP) is 3.34. The zero-order valence-electron chi connectivity index (χ0n) is 8.77. The van der Waals surface area contributed by atoms with Gasteiger partial charge in [-0.25, -0.2) is 4.39 Å². The minimum absolute atomic E-state index is 0.158. The summed E-state index contributed by atoms with van der Waals surface area (Å²) in [6.45, 7) is 5.11. The number of anilines is 2. The lowest BCUT2D eigenvalue weighted by Crippen LogP contribution is -2.37. The van der Waals surface area contributed by atoms with Crippen molar-refractivity contribution in [3.63, 3.8) is 0 Å². The van der Waals surface area contributed by atoms with Gasteiger partial charge in [0.25, 0.3) is 0 Å². The number of rotatable bonds is 1. The summed E-state index contributed by atoms with van der Waals surface area (Å²) < 4.78 is 13.2. The van der Waals surface area contributed by atoms with E-state index in [4.69, 9.17) is 11.6 Å². The highest BCUT2D eigenvalue weighted by Gasteiger charge is 2.20. The van der Waals surface area contributed by atoms with Crippen LogP contribution in [0.1, 0.15) is 13.8 Å². The van der Waals surface area contributed by atoms with Crippen LogP contribution in [0.15, 0.2) is 12.1 Å².